The number of nitrogens with two attached hydrogens (primary N) is 1. The Balaban J connectivity index is 1.45. The maximum atomic E-state index is 12.9. The molecule has 0 spiro atoms. The van der Waals surface area contributed by atoms with Crippen LogP contribution in [0.3, 0.4) is 0 Å². The van der Waals surface area contributed by atoms with Crippen LogP contribution in [0.2, 0.25) is 0 Å². The number of nitrogens with zero attached hydrogens (tertiary/aromatic N) is 1. The number of carbonyl (C=O) groups excluding carboxylic acids is 1. The second-order valence-electron chi connectivity index (χ2n) is 7.88. The zero-order valence-electron chi connectivity index (χ0n) is 17.9. The number of anilines is 1. The standard InChI is InChI=1S/C23H29FIN3O3/c1-15-14-28(9-3-11-31-17-6-4-16(24)5-7-17)10-8-21(15)27-23(29)18-12-19(25)20(26)13-22(18)30-2/h4-7,12-13,15,21H,3,8-11,14,26H2,1-2H3,(H,27,29). The van der Waals surface area contributed by atoms with E-state index in [9.17, 15) is 9.18 Å². The van der Waals surface area contributed by atoms with Gasteiger partial charge in [-0.3, -0.25) is 4.79 Å². The molecule has 0 aliphatic carbocycles. The van der Waals surface area contributed by atoms with Gasteiger partial charge < -0.3 is 25.4 Å². The van der Waals surface area contributed by atoms with E-state index in [1.165, 1.54) is 12.1 Å². The first-order chi connectivity index (χ1) is 14.9. The molecule has 1 amide bonds. The van der Waals surface area contributed by atoms with Crippen molar-refractivity contribution in [2.45, 2.75) is 25.8 Å². The molecule has 2 unspecified atom stereocenters. The summed E-state index contributed by atoms with van der Waals surface area (Å²) in [4.78, 5) is 15.3. The Kier molecular flexibility index (Phi) is 8.36. The van der Waals surface area contributed by atoms with Crippen LogP contribution in [0, 0.1) is 15.3 Å². The zero-order chi connectivity index (χ0) is 22.4. The monoisotopic (exact) mass is 541 g/mol. The molecule has 1 saturated heterocycles. The molecule has 8 heteroatoms. The number of hydrogen-bond donors (Lipinski definition) is 2. The van der Waals surface area contributed by atoms with Crippen LogP contribution in [0.4, 0.5) is 10.1 Å². The molecule has 3 rings (SSSR count). The molecular weight excluding hydrogens is 512 g/mol. The van der Waals surface area contributed by atoms with Crippen LogP contribution in [0.5, 0.6) is 11.5 Å². The molecule has 1 fully saturated rings. The van der Waals surface area contributed by atoms with E-state index in [2.05, 4.69) is 39.7 Å². The quantitative estimate of drug-likeness (QED) is 0.301. The first-order valence-corrected chi connectivity index (χ1v) is 11.5. The zero-order valence-corrected chi connectivity index (χ0v) is 20.0. The van der Waals surface area contributed by atoms with E-state index in [1.54, 1.807) is 31.4 Å². The molecule has 0 radical (unpaired) electrons. The Morgan fingerprint density at radius 1 is 1.32 bits per heavy atom. The van der Waals surface area contributed by atoms with E-state index >= 15 is 0 Å². The molecule has 1 aliphatic heterocycles. The van der Waals surface area contributed by atoms with Crippen LogP contribution in [0.15, 0.2) is 36.4 Å². The average molecular weight is 541 g/mol. The lowest BCUT2D eigenvalue weighted by Gasteiger charge is -2.37. The molecule has 168 valence electrons. The number of halogens is 2. The van der Waals surface area contributed by atoms with E-state index < -0.39 is 0 Å². The molecule has 1 heterocycles. The third-order valence-electron chi connectivity index (χ3n) is 5.57. The smallest absolute Gasteiger partial charge is 0.255 e. The van der Waals surface area contributed by atoms with Crippen LogP contribution in [0.1, 0.15) is 30.1 Å². The lowest BCUT2D eigenvalue weighted by atomic mass is 9.93. The summed E-state index contributed by atoms with van der Waals surface area (Å²) in [6, 6.07) is 9.65. The molecule has 1 aliphatic rings. The van der Waals surface area contributed by atoms with E-state index in [4.69, 9.17) is 15.2 Å². The molecular formula is C23H29FIN3O3. The Morgan fingerprint density at radius 3 is 2.74 bits per heavy atom. The van der Waals surface area contributed by atoms with E-state index in [-0.39, 0.29) is 17.8 Å². The molecule has 2 aromatic rings. The van der Waals surface area contributed by atoms with E-state index in [0.29, 0.717) is 35.3 Å². The number of benzene rings is 2. The minimum Gasteiger partial charge on any atom is -0.496 e. The molecule has 3 N–H and O–H groups in total. The first kappa shape index (κ1) is 23.6. The van der Waals surface area contributed by atoms with Crippen molar-refractivity contribution >= 4 is 34.2 Å². The van der Waals surface area contributed by atoms with Crippen molar-refractivity contribution in [3.8, 4) is 11.5 Å². The normalized spacial score (nSPS) is 19.1. The summed E-state index contributed by atoms with van der Waals surface area (Å²) in [5, 5.41) is 3.18. The molecule has 6 nitrogen and oxygen atoms in total. The van der Waals surface area contributed by atoms with Crippen LogP contribution < -0.4 is 20.5 Å². The lowest BCUT2D eigenvalue weighted by molar-refractivity contribution is 0.0859. The summed E-state index contributed by atoms with van der Waals surface area (Å²) < 4.78 is 24.8. The highest BCUT2D eigenvalue weighted by atomic mass is 127. The van der Waals surface area contributed by atoms with Gasteiger partial charge in [0.2, 0.25) is 0 Å². The van der Waals surface area contributed by atoms with Gasteiger partial charge in [-0.1, -0.05) is 6.92 Å². The van der Waals surface area contributed by atoms with Crippen LogP contribution in [-0.4, -0.2) is 50.2 Å². The van der Waals surface area contributed by atoms with E-state index in [0.717, 1.165) is 36.0 Å². The van der Waals surface area contributed by atoms with Gasteiger partial charge in [0.25, 0.3) is 5.91 Å². The fourth-order valence-corrected chi connectivity index (χ4v) is 4.29. The number of nitrogens with one attached hydrogen (secondary N) is 1. The van der Waals surface area contributed by atoms with Crippen molar-refractivity contribution in [3.63, 3.8) is 0 Å². The Labute approximate surface area is 196 Å². The van der Waals surface area contributed by atoms with Gasteiger partial charge in [-0.05, 0) is 71.7 Å². The first-order valence-electron chi connectivity index (χ1n) is 10.4. The third-order valence-corrected chi connectivity index (χ3v) is 6.50. The maximum absolute atomic E-state index is 12.9. The van der Waals surface area contributed by atoms with Crippen molar-refractivity contribution in [1.82, 2.24) is 10.2 Å². The second kappa shape index (κ2) is 11.0. The lowest BCUT2D eigenvalue weighted by Crippen LogP contribution is -2.50. The molecule has 2 atom stereocenters. The van der Waals surface area contributed by atoms with Crippen molar-refractivity contribution in [3.05, 3.63) is 51.3 Å². The predicted octanol–water partition coefficient (Wildman–Crippen LogP) is 3.93. The van der Waals surface area contributed by atoms with Gasteiger partial charge in [-0.2, -0.15) is 0 Å². The molecule has 0 saturated carbocycles. The Bertz CT molecular complexity index is 894. The SMILES string of the molecule is COc1cc(N)c(I)cc1C(=O)NC1CCN(CCCOc2ccc(F)cc2)CC1C. The number of methoxy groups -OCH3 is 1. The number of carbonyl (C=O) groups is 1. The summed E-state index contributed by atoms with van der Waals surface area (Å²) in [5.74, 6) is 1.11. The van der Waals surface area contributed by atoms with Crippen LogP contribution in [-0.2, 0) is 0 Å². The van der Waals surface area contributed by atoms with Crippen molar-refractivity contribution in [2.75, 3.05) is 39.1 Å². The molecule has 2 aromatic carbocycles. The number of piperidine rings is 1. The topological polar surface area (TPSA) is 76.8 Å². The van der Waals surface area contributed by atoms with E-state index in [1.807, 2.05) is 0 Å². The Hall–Kier alpha value is -2.07. The summed E-state index contributed by atoms with van der Waals surface area (Å²) in [7, 11) is 1.54. The van der Waals surface area contributed by atoms with Gasteiger partial charge in [0.1, 0.15) is 17.3 Å². The largest absolute Gasteiger partial charge is 0.496 e. The fraction of sp³-hybridized carbons (Fsp3) is 0.435. The van der Waals surface area contributed by atoms with Gasteiger partial charge in [0, 0.05) is 41.0 Å². The van der Waals surface area contributed by atoms with Crippen LogP contribution in [0.25, 0.3) is 0 Å². The van der Waals surface area contributed by atoms with Gasteiger partial charge in [0.15, 0.2) is 0 Å². The van der Waals surface area contributed by atoms with Gasteiger partial charge >= 0.3 is 0 Å². The number of ether oxygens (including phenoxy) is 2. The highest BCUT2D eigenvalue weighted by Gasteiger charge is 2.28. The summed E-state index contributed by atoms with van der Waals surface area (Å²) >= 11 is 2.12. The third kappa shape index (κ3) is 6.46. The number of likely N-dealkylation sites (tertiary alicyclic amines) is 1. The van der Waals surface area contributed by atoms with Crippen molar-refractivity contribution in [2.24, 2.45) is 5.92 Å². The number of nitrogen functional groups attached to an aromatic ring is 1. The highest BCUT2D eigenvalue weighted by Crippen LogP contribution is 2.27. The van der Waals surface area contributed by atoms with Crippen LogP contribution >= 0.6 is 22.6 Å². The maximum Gasteiger partial charge on any atom is 0.255 e. The van der Waals surface area contributed by atoms with Gasteiger partial charge in [0.05, 0.1) is 19.3 Å². The fourth-order valence-electron chi connectivity index (χ4n) is 3.82. The van der Waals surface area contributed by atoms with Gasteiger partial charge in [-0.15, -0.1) is 0 Å². The number of rotatable bonds is 8. The minimum absolute atomic E-state index is 0.110. The number of amides is 1. The average Bonchev–Trinajstić information content (AvgIpc) is 2.75. The predicted molar refractivity (Wildman–Crippen MR) is 128 cm³/mol. The Morgan fingerprint density at radius 2 is 2.06 bits per heavy atom. The summed E-state index contributed by atoms with van der Waals surface area (Å²) in [6.45, 7) is 5.51. The van der Waals surface area contributed by atoms with Gasteiger partial charge in [-0.25, -0.2) is 4.39 Å². The van der Waals surface area contributed by atoms with Crippen molar-refractivity contribution < 1.29 is 18.7 Å². The van der Waals surface area contributed by atoms with Crippen molar-refractivity contribution in [1.29, 1.82) is 0 Å². The second-order valence-corrected chi connectivity index (χ2v) is 9.04. The minimum atomic E-state index is -0.263. The summed E-state index contributed by atoms with van der Waals surface area (Å²) in [5.41, 5.74) is 7.03. The highest BCUT2D eigenvalue weighted by molar-refractivity contribution is 14.1. The molecule has 0 aromatic heterocycles. The number of hydrogen-bond acceptors (Lipinski definition) is 5. The molecule has 0 bridgehead atoms. The summed E-state index contributed by atoms with van der Waals surface area (Å²) in [6.07, 6.45) is 1.78. The molecule has 31 heavy (non-hydrogen) atoms.